The Kier molecular flexibility index (Phi) is 6.26. The summed E-state index contributed by atoms with van der Waals surface area (Å²) in [5.41, 5.74) is 2.89. The number of carbonyl (C=O) groups excluding carboxylic acids is 1. The summed E-state index contributed by atoms with van der Waals surface area (Å²) in [6, 6.07) is 16.6. The SMILES string of the molecule is CC(NC(=O)c1ccc(Cl)cc1)c1ccc2c(n1)CCCN2c1[nH+]c(C(F)(F)F)nc2ccccc12. The van der Waals surface area contributed by atoms with Crippen LogP contribution in [0.3, 0.4) is 0 Å². The first-order valence-corrected chi connectivity index (χ1v) is 11.8. The van der Waals surface area contributed by atoms with E-state index in [2.05, 4.69) is 15.3 Å². The molecule has 1 unspecified atom stereocenters. The lowest BCUT2D eigenvalue weighted by molar-refractivity contribution is -0.418. The average Bonchev–Trinajstić information content (AvgIpc) is 2.87. The number of nitrogens with one attached hydrogen (secondary N) is 2. The maximum Gasteiger partial charge on any atom is 0.482 e. The van der Waals surface area contributed by atoms with Crippen LogP contribution in [0.4, 0.5) is 24.7 Å². The highest BCUT2D eigenvalue weighted by atomic mass is 35.5. The summed E-state index contributed by atoms with van der Waals surface area (Å²) in [5, 5.41) is 4.06. The summed E-state index contributed by atoms with van der Waals surface area (Å²) in [4.78, 5) is 25.5. The molecule has 1 amide bonds. The van der Waals surface area contributed by atoms with Crippen LogP contribution in [0, 0.1) is 0 Å². The van der Waals surface area contributed by atoms with Crippen molar-refractivity contribution < 1.29 is 22.9 Å². The zero-order valence-electron chi connectivity index (χ0n) is 19.2. The predicted molar refractivity (Wildman–Crippen MR) is 130 cm³/mol. The van der Waals surface area contributed by atoms with Gasteiger partial charge in [-0.3, -0.25) is 14.7 Å². The Morgan fingerprint density at radius 1 is 1.08 bits per heavy atom. The number of hydrogen-bond acceptors (Lipinski definition) is 4. The number of pyridine rings is 1. The van der Waals surface area contributed by atoms with Gasteiger partial charge in [0.1, 0.15) is 5.69 Å². The summed E-state index contributed by atoms with van der Waals surface area (Å²) in [5.74, 6) is -0.975. The van der Waals surface area contributed by atoms with Crippen LogP contribution in [0.15, 0.2) is 60.7 Å². The first-order chi connectivity index (χ1) is 17.2. The van der Waals surface area contributed by atoms with Gasteiger partial charge in [-0.25, -0.2) is 4.98 Å². The third kappa shape index (κ3) is 4.70. The van der Waals surface area contributed by atoms with Crippen molar-refractivity contribution in [2.75, 3.05) is 11.4 Å². The van der Waals surface area contributed by atoms with Gasteiger partial charge in [-0.05, 0) is 68.3 Å². The minimum absolute atomic E-state index is 0.252. The standard InChI is InChI=1S/C26H21ClF3N5O/c1-15(31-24(36)16-8-10-17(27)11-9-16)19-12-13-22-21(32-19)7-4-14-35(22)23-18-5-2-3-6-20(18)33-25(34-23)26(28,29)30/h2-3,5-6,8-13,15H,4,7,14H2,1H3,(H,31,36)/p+1. The number of halogens is 4. The van der Waals surface area contributed by atoms with E-state index in [1.54, 1.807) is 54.6 Å². The highest BCUT2D eigenvalue weighted by molar-refractivity contribution is 6.30. The van der Waals surface area contributed by atoms with E-state index in [9.17, 15) is 18.0 Å². The average molecular weight is 513 g/mol. The van der Waals surface area contributed by atoms with Gasteiger partial charge in [-0.15, -0.1) is 0 Å². The van der Waals surface area contributed by atoms with Crippen molar-refractivity contribution in [3.05, 3.63) is 88.5 Å². The Hall–Kier alpha value is -3.72. The molecular formula is C26H22ClF3N5O+. The van der Waals surface area contributed by atoms with Gasteiger partial charge in [0.15, 0.2) is 5.52 Å². The molecule has 2 aromatic carbocycles. The number of aromatic nitrogens is 3. The molecule has 1 aliphatic rings. The molecule has 0 aliphatic carbocycles. The molecule has 2 aromatic heterocycles. The molecular weight excluding hydrogens is 491 g/mol. The number of rotatable bonds is 4. The monoisotopic (exact) mass is 512 g/mol. The number of aromatic amines is 1. The zero-order chi connectivity index (χ0) is 25.4. The van der Waals surface area contributed by atoms with Gasteiger partial charge in [0.05, 0.1) is 29.4 Å². The van der Waals surface area contributed by atoms with Crippen LogP contribution in [-0.4, -0.2) is 22.4 Å². The van der Waals surface area contributed by atoms with E-state index in [0.29, 0.717) is 46.9 Å². The van der Waals surface area contributed by atoms with Crippen molar-refractivity contribution in [3.63, 3.8) is 0 Å². The minimum atomic E-state index is -4.61. The lowest BCUT2D eigenvalue weighted by Gasteiger charge is -2.27. The third-order valence-corrected chi connectivity index (χ3v) is 6.37. The maximum absolute atomic E-state index is 13.6. The van der Waals surface area contributed by atoms with Gasteiger partial charge < -0.3 is 5.32 Å². The van der Waals surface area contributed by atoms with Crippen LogP contribution in [0.1, 0.15) is 47.0 Å². The Morgan fingerprint density at radius 3 is 2.58 bits per heavy atom. The van der Waals surface area contributed by atoms with E-state index in [1.165, 1.54) is 0 Å². The molecule has 4 aromatic rings. The molecule has 184 valence electrons. The van der Waals surface area contributed by atoms with Crippen LogP contribution in [0.2, 0.25) is 5.02 Å². The molecule has 36 heavy (non-hydrogen) atoms. The second-order valence-corrected chi connectivity index (χ2v) is 9.04. The Bertz CT molecular complexity index is 1440. The lowest BCUT2D eigenvalue weighted by atomic mass is 10.0. The molecule has 6 nitrogen and oxygen atoms in total. The van der Waals surface area contributed by atoms with Crippen molar-refractivity contribution in [1.29, 1.82) is 0 Å². The van der Waals surface area contributed by atoms with E-state index in [0.717, 1.165) is 11.4 Å². The lowest BCUT2D eigenvalue weighted by Crippen LogP contribution is -2.35. The molecule has 5 rings (SSSR count). The highest BCUT2D eigenvalue weighted by Gasteiger charge is 2.41. The van der Waals surface area contributed by atoms with E-state index >= 15 is 0 Å². The van der Waals surface area contributed by atoms with Crippen LogP contribution in [-0.2, 0) is 12.6 Å². The smallest absolute Gasteiger partial charge is 0.344 e. The Balaban J connectivity index is 1.47. The summed E-state index contributed by atoms with van der Waals surface area (Å²) >= 11 is 5.90. The molecule has 0 saturated carbocycles. The summed E-state index contributed by atoms with van der Waals surface area (Å²) < 4.78 is 40.7. The van der Waals surface area contributed by atoms with Crippen molar-refractivity contribution in [2.45, 2.75) is 32.0 Å². The Labute approximate surface area is 210 Å². The van der Waals surface area contributed by atoms with E-state index in [1.807, 2.05) is 17.9 Å². The Morgan fingerprint density at radius 2 is 1.83 bits per heavy atom. The second kappa shape index (κ2) is 9.39. The van der Waals surface area contributed by atoms with Crippen molar-refractivity contribution in [1.82, 2.24) is 15.3 Å². The van der Waals surface area contributed by atoms with Gasteiger partial charge >= 0.3 is 12.0 Å². The minimum Gasteiger partial charge on any atom is -0.344 e. The number of hydrogen-bond donors (Lipinski definition) is 1. The van der Waals surface area contributed by atoms with Gasteiger partial charge in [0.25, 0.3) is 5.91 Å². The second-order valence-electron chi connectivity index (χ2n) is 8.61. The summed E-state index contributed by atoms with van der Waals surface area (Å²) in [6.07, 6.45) is -3.23. The number of amides is 1. The number of aryl methyl sites for hydroxylation is 1. The van der Waals surface area contributed by atoms with Crippen molar-refractivity contribution in [2.24, 2.45) is 0 Å². The molecule has 1 aliphatic heterocycles. The number of carbonyl (C=O) groups is 1. The van der Waals surface area contributed by atoms with Gasteiger partial charge in [-0.2, -0.15) is 13.2 Å². The van der Waals surface area contributed by atoms with Crippen molar-refractivity contribution >= 4 is 39.9 Å². The van der Waals surface area contributed by atoms with E-state index in [-0.39, 0.29) is 17.5 Å². The molecule has 1 atom stereocenters. The molecule has 2 N–H and O–H groups in total. The quantitative estimate of drug-likeness (QED) is 0.381. The number of nitrogens with zero attached hydrogens (tertiary/aromatic N) is 3. The third-order valence-electron chi connectivity index (χ3n) is 6.12. The van der Waals surface area contributed by atoms with Crippen molar-refractivity contribution in [3.8, 4) is 0 Å². The molecule has 0 fully saturated rings. The van der Waals surface area contributed by atoms with Gasteiger partial charge in [-0.1, -0.05) is 28.7 Å². The van der Waals surface area contributed by atoms with Crippen LogP contribution >= 0.6 is 11.6 Å². The summed E-state index contributed by atoms with van der Waals surface area (Å²) in [6.45, 7) is 2.36. The fourth-order valence-electron chi connectivity index (χ4n) is 4.34. The number of benzene rings is 2. The van der Waals surface area contributed by atoms with E-state index in [4.69, 9.17) is 16.6 Å². The maximum atomic E-state index is 13.6. The molecule has 0 bridgehead atoms. The molecule has 3 heterocycles. The number of fused-ring (bicyclic) bond motifs is 2. The fraction of sp³-hybridized carbons (Fsp3) is 0.231. The fourth-order valence-corrected chi connectivity index (χ4v) is 4.47. The number of alkyl halides is 3. The topological polar surface area (TPSA) is 72.3 Å². The first kappa shape index (κ1) is 24.0. The molecule has 10 heteroatoms. The molecule has 0 spiro atoms. The van der Waals surface area contributed by atoms with Gasteiger partial charge in [0, 0.05) is 10.6 Å². The molecule has 0 saturated heterocycles. The number of para-hydroxylation sites is 1. The van der Waals surface area contributed by atoms with Crippen LogP contribution in [0.25, 0.3) is 10.9 Å². The summed E-state index contributed by atoms with van der Waals surface area (Å²) in [7, 11) is 0. The van der Waals surface area contributed by atoms with E-state index < -0.39 is 12.0 Å². The normalized spacial score (nSPS) is 14.4. The van der Waals surface area contributed by atoms with Gasteiger partial charge in [0.2, 0.25) is 5.82 Å². The zero-order valence-corrected chi connectivity index (χ0v) is 20.0. The van der Waals surface area contributed by atoms with Crippen LogP contribution < -0.4 is 15.2 Å². The predicted octanol–water partition coefficient (Wildman–Crippen LogP) is 5.69. The molecule has 0 radical (unpaired) electrons. The highest BCUT2D eigenvalue weighted by Crippen LogP contribution is 2.36. The van der Waals surface area contributed by atoms with Crippen LogP contribution in [0.5, 0.6) is 0 Å². The largest absolute Gasteiger partial charge is 0.482 e. The number of H-pyrrole nitrogens is 1. The first-order valence-electron chi connectivity index (χ1n) is 11.4. The number of anilines is 2.